The predicted molar refractivity (Wildman–Crippen MR) is 122 cm³/mol. The number of aliphatic hydroxyl groups is 1. The van der Waals surface area contributed by atoms with Gasteiger partial charge >= 0.3 is 0 Å². The van der Waals surface area contributed by atoms with Crippen molar-refractivity contribution < 1.29 is 19.1 Å². The summed E-state index contributed by atoms with van der Waals surface area (Å²) in [6.45, 7) is 6.92. The van der Waals surface area contributed by atoms with Gasteiger partial charge in [0.25, 0.3) is 5.91 Å². The van der Waals surface area contributed by atoms with Crippen LogP contribution in [0.2, 0.25) is 0 Å². The summed E-state index contributed by atoms with van der Waals surface area (Å²) >= 11 is 0. The second kappa shape index (κ2) is 10.3. The summed E-state index contributed by atoms with van der Waals surface area (Å²) < 4.78 is 5.58. The molecular formula is C23H32N6O4. The molecule has 178 valence electrons. The van der Waals surface area contributed by atoms with E-state index in [2.05, 4.69) is 25.5 Å². The lowest BCUT2D eigenvalue weighted by molar-refractivity contribution is -0.129. The van der Waals surface area contributed by atoms with E-state index in [0.717, 1.165) is 50.4 Å². The molecule has 1 fully saturated rings. The van der Waals surface area contributed by atoms with Crippen molar-refractivity contribution >= 4 is 17.6 Å². The third kappa shape index (κ3) is 6.08. The Balaban J connectivity index is 1.23. The van der Waals surface area contributed by atoms with Gasteiger partial charge in [-0.2, -0.15) is 0 Å². The molecule has 10 heteroatoms. The Labute approximate surface area is 193 Å². The smallest absolute Gasteiger partial charge is 0.251 e. The molecule has 0 aromatic carbocycles. The molecular weight excluding hydrogens is 424 g/mol. The van der Waals surface area contributed by atoms with Crippen LogP contribution >= 0.6 is 0 Å². The molecule has 0 radical (unpaired) electrons. The van der Waals surface area contributed by atoms with Crippen molar-refractivity contribution in [3.63, 3.8) is 0 Å². The number of likely N-dealkylation sites (tertiary alicyclic amines) is 1. The van der Waals surface area contributed by atoms with E-state index in [1.54, 1.807) is 25.3 Å². The number of β-amino-alcohol motifs (C(OH)–C–C–N with tert-alkyl or cyclic N) is 1. The van der Waals surface area contributed by atoms with Crippen molar-refractivity contribution in [3.8, 4) is 0 Å². The number of nitrogens with zero attached hydrogens (tertiary/aromatic N) is 4. The van der Waals surface area contributed by atoms with Gasteiger partial charge in [-0.3, -0.25) is 14.5 Å². The zero-order valence-corrected chi connectivity index (χ0v) is 19.2. The molecule has 2 aliphatic rings. The number of hydrogen-bond donors (Lipinski definition) is 3. The maximum Gasteiger partial charge on any atom is 0.251 e. The van der Waals surface area contributed by atoms with Gasteiger partial charge in [-0.05, 0) is 25.0 Å². The fourth-order valence-corrected chi connectivity index (χ4v) is 4.41. The summed E-state index contributed by atoms with van der Waals surface area (Å²) in [5.41, 5.74) is 1.42. The number of aliphatic hydroxyl groups excluding tert-OH is 1. The van der Waals surface area contributed by atoms with Crippen LogP contribution in [0.1, 0.15) is 47.5 Å². The zero-order chi connectivity index (χ0) is 23.4. The highest BCUT2D eigenvalue weighted by atomic mass is 16.4. The lowest BCUT2D eigenvalue weighted by Gasteiger charge is -2.32. The van der Waals surface area contributed by atoms with Crippen molar-refractivity contribution in [2.24, 2.45) is 0 Å². The molecule has 1 atom stereocenters. The van der Waals surface area contributed by atoms with E-state index in [-0.39, 0.29) is 24.4 Å². The fourth-order valence-electron chi connectivity index (χ4n) is 4.41. The lowest BCUT2D eigenvalue weighted by atomic mass is 10.0. The van der Waals surface area contributed by atoms with E-state index >= 15 is 0 Å². The summed E-state index contributed by atoms with van der Waals surface area (Å²) in [7, 11) is 0. The van der Waals surface area contributed by atoms with E-state index in [4.69, 9.17) is 4.42 Å². The largest absolute Gasteiger partial charge is 0.446 e. The van der Waals surface area contributed by atoms with E-state index < -0.39 is 6.10 Å². The molecule has 10 nitrogen and oxygen atoms in total. The van der Waals surface area contributed by atoms with Crippen LogP contribution < -0.4 is 10.6 Å². The molecule has 3 N–H and O–H groups in total. The number of carbonyl (C=O) groups is 2. The van der Waals surface area contributed by atoms with Crippen LogP contribution in [0.4, 0.5) is 5.82 Å². The first-order chi connectivity index (χ1) is 15.9. The van der Waals surface area contributed by atoms with Gasteiger partial charge < -0.3 is 25.1 Å². The SMILES string of the molecule is CC(=O)N1CCC(Nc2cc(C(=O)NC[C@H](O)CN3CCc4oc(C)nc4C3)ccn2)CC1. The summed E-state index contributed by atoms with van der Waals surface area (Å²) in [4.78, 5) is 36.8. The minimum atomic E-state index is -0.686. The van der Waals surface area contributed by atoms with Crippen molar-refractivity contribution in [2.45, 2.75) is 51.8 Å². The Morgan fingerprint density at radius 2 is 2.09 bits per heavy atom. The third-order valence-corrected chi connectivity index (χ3v) is 6.20. The number of aryl methyl sites for hydroxylation is 1. The minimum absolute atomic E-state index is 0.103. The number of anilines is 1. The molecule has 2 aromatic rings. The number of hydrogen-bond acceptors (Lipinski definition) is 8. The fraction of sp³-hybridized carbons (Fsp3) is 0.565. The number of pyridine rings is 1. The number of carbonyl (C=O) groups excluding carboxylic acids is 2. The molecule has 2 amide bonds. The van der Waals surface area contributed by atoms with Crippen molar-refractivity contribution in [2.75, 3.05) is 38.0 Å². The van der Waals surface area contributed by atoms with E-state index in [1.807, 2.05) is 11.8 Å². The molecule has 1 saturated heterocycles. The van der Waals surface area contributed by atoms with Crippen LogP contribution in [0, 0.1) is 6.92 Å². The van der Waals surface area contributed by atoms with E-state index in [0.29, 0.717) is 30.4 Å². The van der Waals surface area contributed by atoms with Crippen molar-refractivity contribution in [3.05, 3.63) is 41.2 Å². The monoisotopic (exact) mass is 456 g/mol. The normalized spacial score (nSPS) is 18.0. The molecule has 2 aromatic heterocycles. The Bertz CT molecular complexity index is 985. The van der Waals surface area contributed by atoms with Gasteiger partial charge in [0, 0.05) is 77.3 Å². The number of oxazole rings is 1. The van der Waals surface area contributed by atoms with Gasteiger partial charge in [-0.25, -0.2) is 9.97 Å². The first-order valence-corrected chi connectivity index (χ1v) is 11.5. The van der Waals surface area contributed by atoms with E-state index in [9.17, 15) is 14.7 Å². The van der Waals surface area contributed by atoms with Crippen molar-refractivity contribution in [1.82, 2.24) is 25.1 Å². The third-order valence-electron chi connectivity index (χ3n) is 6.20. The van der Waals surface area contributed by atoms with Gasteiger partial charge in [-0.1, -0.05) is 0 Å². The quantitative estimate of drug-likeness (QED) is 0.563. The predicted octanol–water partition coefficient (Wildman–Crippen LogP) is 0.950. The van der Waals surface area contributed by atoms with Gasteiger partial charge in [-0.15, -0.1) is 0 Å². The Kier molecular flexibility index (Phi) is 7.24. The Morgan fingerprint density at radius 1 is 1.30 bits per heavy atom. The molecule has 0 bridgehead atoms. The maximum atomic E-state index is 12.6. The molecule has 4 heterocycles. The second-order valence-corrected chi connectivity index (χ2v) is 8.81. The molecule has 4 rings (SSSR count). The van der Waals surface area contributed by atoms with Gasteiger partial charge in [0.2, 0.25) is 5.91 Å². The molecule has 2 aliphatic heterocycles. The van der Waals surface area contributed by atoms with Crippen molar-refractivity contribution in [1.29, 1.82) is 0 Å². The Morgan fingerprint density at radius 3 is 2.85 bits per heavy atom. The van der Waals surface area contributed by atoms with Gasteiger partial charge in [0.1, 0.15) is 11.6 Å². The summed E-state index contributed by atoms with van der Waals surface area (Å²) in [5, 5.41) is 16.6. The van der Waals surface area contributed by atoms with Crippen LogP contribution in [-0.4, -0.2) is 81.6 Å². The second-order valence-electron chi connectivity index (χ2n) is 8.81. The lowest BCUT2D eigenvalue weighted by Crippen LogP contribution is -2.42. The maximum absolute atomic E-state index is 12.6. The summed E-state index contributed by atoms with van der Waals surface area (Å²) in [5.74, 6) is 2.08. The molecule has 0 spiro atoms. The molecule has 0 saturated carbocycles. The number of fused-ring (bicyclic) bond motifs is 1. The number of nitrogens with one attached hydrogen (secondary N) is 2. The van der Waals surface area contributed by atoms with E-state index in [1.165, 1.54) is 0 Å². The van der Waals surface area contributed by atoms with Crippen LogP contribution in [0.15, 0.2) is 22.7 Å². The van der Waals surface area contributed by atoms with Crippen LogP contribution in [0.3, 0.4) is 0 Å². The van der Waals surface area contributed by atoms with Crippen LogP contribution in [0.25, 0.3) is 0 Å². The number of amides is 2. The number of rotatable bonds is 7. The Hall–Kier alpha value is -2.98. The first-order valence-electron chi connectivity index (χ1n) is 11.5. The molecule has 0 unspecified atom stereocenters. The van der Waals surface area contributed by atoms with Crippen LogP contribution in [0.5, 0.6) is 0 Å². The highest BCUT2D eigenvalue weighted by molar-refractivity contribution is 5.94. The number of aromatic nitrogens is 2. The highest BCUT2D eigenvalue weighted by Gasteiger charge is 2.24. The summed E-state index contributed by atoms with van der Waals surface area (Å²) in [6, 6.07) is 3.59. The summed E-state index contributed by atoms with van der Waals surface area (Å²) in [6.07, 6.45) is 3.37. The highest BCUT2D eigenvalue weighted by Crippen LogP contribution is 2.19. The van der Waals surface area contributed by atoms with Gasteiger partial charge in [0.15, 0.2) is 5.89 Å². The number of piperidine rings is 1. The van der Waals surface area contributed by atoms with Gasteiger partial charge in [0.05, 0.1) is 11.8 Å². The van der Waals surface area contributed by atoms with Crippen LogP contribution in [-0.2, 0) is 17.8 Å². The topological polar surface area (TPSA) is 124 Å². The standard InChI is InChI=1S/C23H32N6O4/c1-15-26-20-14-28(8-6-21(20)33-15)13-19(31)12-25-23(32)17-3-7-24-22(11-17)27-18-4-9-29(10-5-18)16(2)30/h3,7,11,18-19,31H,4-6,8-10,12-14H2,1-2H3,(H,24,27)(H,25,32)/t19-/m0/s1. The average molecular weight is 457 g/mol. The molecule has 0 aliphatic carbocycles. The first kappa shape index (κ1) is 23.2. The zero-order valence-electron chi connectivity index (χ0n) is 19.2. The average Bonchev–Trinajstić information content (AvgIpc) is 3.17. The minimum Gasteiger partial charge on any atom is -0.446 e. The molecule has 33 heavy (non-hydrogen) atoms.